The van der Waals surface area contributed by atoms with Gasteiger partial charge in [-0.05, 0) is 30.5 Å². The quantitative estimate of drug-likeness (QED) is 0.745. The van der Waals surface area contributed by atoms with E-state index in [0.717, 1.165) is 24.0 Å². The molecular weight excluding hydrogens is 150 g/mol. The molecule has 1 N–H and O–H groups in total. The van der Waals surface area contributed by atoms with E-state index in [1.165, 1.54) is 0 Å². The molecule has 0 saturated carbocycles. The largest absolute Gasteiger partial charge is 0.388 e. The highest BCUT2D eigenvalue weighted by Crippen LogP contribution is 2.20. The summed E-state index contributed by atoms with van der Waals surface area (Å²) in [7, 11) is 0. The number of aliphatic hydroxyl groups is 1. The molecule has 0 aliphatic carbocycles. The summed E-state index contributed by atoms with van der Waals surface area (Å²) in [6.45, 7) is 4.04. The van der Waals surface area contributed by atoms with Gasteiger partial charge in [0.2, 0.25) is 0 Å². The second kappa shape index (κ2) is 4.21. The molecule has 0 saturated heterocycles. The highest BCUT2D eigenvalue weighted by Gasteiger charge is 2.07. The van der Waals surface area contributed by atoms with E-state index in [1.807, 2.05) is 13.0 Å². The first kappa shape index (κ1) is 9.20. The summed E-state index contributed by atoms with van der Waals surface area (Å²) in [6, 6.07) is 1.88. The van der Waals surface area contributed by atoms with Crippen molar-refractivity contribution in [3.63, 3.8) is 0 Å². The summed E-state index contributed by atoms with van der Waals surface area (Å²) < 4.78 is 0. The average molecular weight is 165 g/mol. The van der Waals surface area contributed by atoms with Crippen LogP contribution in [-0.2, 0) is 0 Å². The zero-order valence-corrected chi connectivity index (χ0v) is 7.62. The Morgan fingerprint density at radius 1 is 1.58 bits per heavy atom. The van der Waals surface area contributed by atoms with Gasteiger partial charge in [0, 0.05) is 12.4 Å². The maximum atomic E-state index is 9.67. The Hall–Kier alpha value is -0.890. The molecule has 1 heterocycles. The van der Waals surface area contributed by atoms with Crippen molar-refractivity contribution < 1.29 is 5.11 Å². The molecule has 1 atom stereocenters. The van der Waals surface area contributed by atoms with Gasteiger partial charge in [-0.2, -0.15) is 0 Å². The maximum absolute atomic E-state index is 9.67. The van der Waals surface area contributed by atoms with Crippen LogP contribution in [0.3, 0.4) is 0 Å². The molecule has 0 bridgehead atoms. The van der Waals surface area contributed by atoms with Crippen molar-refractivity contribution in [1.29, 1.82) is 0 Å². The zero-order valence-electron chi connectivity index (χ0n) is 7.62. The molecule has 2 heteroatoms. The highest BCUT2D eigenvalue weighted by atomic mass is 16.3. The number of aromatic nitrogens is 1. The minimum atomic E-state index is -0.321. The van der Waals surface area contributed by atoms with Crippen LogP contribution < -0.4 is 0 Å². The van der Waals surface area contributed by atoms with Crippen LogP contribution in [0.5, 0.6) is 0 Å². The molecule has 0 aliphatic heterocycles. The van der Waals surface area contributed by atoms with Gasteiger partial charge < -0.3 is 5.11 Å². The Morgan fingerprint density at radius 3 is 2.92 bits per heavy atom. The third kappa shape index (κ3) is 2.05. The average Bonchev–Trinajstić information content (AvgIpc) is 2.05. The van der Waals surface area contributed by atoms with E-state index in [0.29, 0.717) is 0 Å². The van der Waals surface area contributed by atoms with Crippen LogP contribution in [0, 0.1) is 6.92 Å². The predicted octanol–water partition coefficient (Wildman–Crippen LogP) is 2.22. The molecule has 0 spiro atoms. The van der Waals surface area contributed by atoms with Gasteiger partial charge in [-0.1, -0.05) is 13.3 Å². The zero-order chi connectivity index (χ0) is 8.97. The Kier molecular flexibility index (Phi) is 3.23. The summed E-state index contributed by atoms with van der Waals surface area (Å²) in [5.74, 6) is 0. The Balaban J connectivity index is 2.79. The molecule has 0 fully saturated rings. The van der Waals surface area contributed by atoms with Crippen LogP contribution in [0.15, 0.2) is 18.5 Å². The summed E-state index contributed by atoms with van der Waals surface area (Å²) >= 11 is 0. The molecule has 0 aromatic carbocycles. The van der Waals surface area contributed by atoms with Gasteiger partial charge in [0.25, 0.3) is 0 Å². The van der Waals surface area contributed by atoms with E-state index in [-0.39, 0.29) is 6.10 Å². The van der Waals surface area contributed by atoms with Crippen LogP contribution in [0.4, 0.5) is 0 Å². The molecule has 1 rings (SSSR count). The normalized spacial score (nSPS) is 12.9. The van der Waals surface area contributed by atoms with Crippen LogP contribution in [0.2, 0.25) is 0 Å². The standard InChI is InChI=1S/C10H15NO/c1-3-4-10(12)9-5-6-11-7-8(9)2/h5-7,10,12H,3-4H2,1-2H3/t10-/m1/s1. The minimum absolute atomic E-state index is 0.321. The fourth-order valence-corrected chi connectivity index (χ4v) is 1.29. The Morgan fingerprint density at radius 2 is 2.33 bits per heavy atom. The van der Waals surface area contributed by atoms with Gasteiger partial charge in [-0.15, -0.1) is 0 Å². The Labute approximate surface area is 73.3 Å². The van der Waals surface area contributed by atoms with E-state index in [9.17, 15) is 5.11 Å². The van der Waals surface area contributed by atoms with Crippen molar-refractivity contribution in [1.82, 2.24) is 4.98 Å². The summed E-state index contributed by atoms with van der Waals surface area (Å²) in [4.78, 5) is 3.98. The van der Waals surface area contributed by atoms with Gasteiger partial charge in [-0.3, -0.25) is 4.98 Å². The number of rotatable bonds is 3. The molecule has 1 aromatic heterocycles. The molecular formula is C10H15NO. The first-order chi connectivity index (χ1) is 5.75. The summed E-state index contributed by atoms with van der Waals surface area (Å²) in [6.07, 6.45) is 5.02. The monoisotopic (exact) mass is 165 g/mol. The predicted molar refractivity (Wildman–Crippen MR) is 48.8 cm³/mol. The van der Waals surface area contributed by atoms with E-state index < -0.39 is 0 Å². The SMILES string of the molecule is CCC[C@@H](O)c1ccncc1C. The molecule has 66 valence electrons. The van der Waals surface area contributed by atoms with Gasteiger partial charge in [0.15, 0.2) is 0 Å². The number of aryl methyl sites for hydroxylation is 1. The number of hydrogen-bond acceptors (Lipinski definition) is 2. The van der Waals surface area contributed by atoms with Crippen molar-refractivity contribution in [2.24, 2.45) is 0 Å². The minimum Gasteiger partial charge on any atom is -0.388 e. The molecule has 0 unspecified atom stereocenters. The summed E-state index contributed by atoms with van der Waals surface area (Å²) in [5.41, 5.74) is 2.07. The fourth-order valence-electron chi connectivity index (χ4n) is 1.29. The van der Waals surface area contributed by atoms with E-state index >= 15 is 0 Å². The number of hydrogen-bond donors (Lipinski definition) is 1. The molecule has 12 heavy (non-hydrogen) atoms. The number of aliphatic hydroxyl groups excluding tert-OH is 1. The van der Waals surface area contributed by atoms with Gasteiger partial charge in [-0.25, -0.2) is 0 Å². The van der Waals surface area contributed by atoms with Crippen LogP contribution in [0.1, 0.15) is 37.0 Å². The topological polar surface area (TPSA) is 33.1 Å². The van der Waals surface area contributed by atoms with Crippen LogP contribution >= 0.6 is 0 Å². The lowest BCUT2D eigenvalue weighted by Crippen LogP contribution is -1.99. The smallest absolute Gasteiger partial charge is 0.0793 e. The first-order valence-corrected chi connectivity index (χ1v) is 4.34. The molecule has 0 aliphatic rings. The van der Waals surface area contributed by atoms with Crippen LogP contribution in [-0.4, -0.2) is 10.1 Å². The second-order valence-electron chi connectivity index (χ2n) is 3.04. The van der Waals surface area contributed by atoms with E-state index in [4.69, 9.17) is 0 Å². The van der Waals surface area contributed by atoms with E-state index in [2.05, 4.69) is 11.9 Å². The first-order valence-electron chi connectivity index (χ1n) is 4.34. The number of nitrogens with zero attached hydrogens (tertiary/aromatic N) is 1. The fraction of sp³-hybridized carbons (Fsp3) is 0.500. The molecule has 1 aromatic rings. The van der Waals surface area contributed by atoms with Gasteiger partial charge in [0.05, 0.1) is 6.10 Å². The Bertz CT molecular complexity index is 247. The van der Waals surface area contributed by atoms with Gasteiger partial charge in [0.1, 0.15) is 0 Å². The van der Waals surface area contributed by atoms with Crippen molar-refractivity contribution >= 4 is 0 Å². The summed E-state index contributed by atoms with van der Waals surface area (Å²) in [5, 5.41) is 9.67. The number of pyridine rings is 1. The lowest BCUT2D eigenvalue weighted by atomic mass is 10.0. The van der Waals surface area contributed by atoms with Gasteiger partial charge >= 0.3 is 0 Å². The molecule has 2 nitrogen and oxygen atoms in total. The molecule has 0 amide bonds. The lowest BCUT2D eigenvalue weighted by Gasteiger charge is -2.11. The van der Waals surface area contributed by atoms with Crippen molar-refractivity contribution in [3.8, 4) is 0 Å². The third-order valence-corrected chi connectivity index (χ3v) is 1.98. The third-order valence-electron chi connectivity index (χ3n) is 1.98. The van der Waals surface area contributed by atoms with Crippen molar-refractivity contribution in [3.05, 3.63) is 29.6 Å². The second-order valence-corrected chi connectivity index (χ2v) is 3.04. The van der Waals surface area contributed by atoms with Crippen molar-refractivity contribution in [2.45, 2.75) is 32.8 Å². The van der Waals surface area contributed by atoms with Crippen molar-refractivity contribution in [2.75, 3.05) is 0 Å². The van der Waals surface area contributed by atoms with Crippen LogP contribution in [0.25, 0.3) is 0 Å². The van der Waals surface area contributed by atoms with E-state index in [1.54, 1.807) is 12.4 Å². The highest BCUT2D eigenvalue weighted by molar-refractivity contribution is 5.23. The maximum Gasteiger partial charge on any atom is 0.0793 e. The lowest BCUT2D eigenvalue weighted by molar-refractivity contribution is 0.165. The molecule has 0 radical (unpaired) electrons.